The molecule has 4 heteroatoms. The first-order chi connectivity index (χ1) is 8.95. The number of nitrogens with zero attached hydrogens (tertiary/aromatic N) is 1. The fourth-order valence-electron chi connectivity index (χ4n) is 2.58. The van der Waals surface area contributed by atoms with Crippen LogP contribution in [0.1, 0.15) is 32.4 Å². The van der Waals surface area contributed by atoms with E-state index in [2.05, 4.69) is 24.1 Å². The van der Waals surface area contributed by atoms with Gasteiger partial charge in [0.25, 0.3) is 0 Å². The van der Waals surface area contributed by atoms with Crippen molar-refractivity contribution in [2.45, 2.75) is 32.4 Å². The lowest BCUT2D eigenvalue weighted by atomic mass is 9.97. The van der Waals surface area contributed by atoms with Gasteiger partial charge >= 0.3 is 0 Å². The molecule has 1 heterocycles. The molecule has 3 nitrogen and oxygen atoms in total. The summed E-state index contributed by atoms with van der Waals surface area (Å²) in [5.74, 6) is -0.188. The normalized spacial score (nSPS) is 20.4. The van der Waals surface area contributed by atoms with Crippen LogP contribution in [0.5, 0.6) is 0 Å². The molecule has 1 unspecified atom stereocenters. The molecular formula is C15H23FN2O. The molecule has 0 bridgehead atoms. The molecule has 1 aromatic rings. The summed E-state index contributed by atoms with van der Waals surface area (Å²) in [6.07, 6.45) is 0. The number of benzene rings is 1. The van der Waals surface area contributed by atoms with Crippen LogP contribution in [0.15, 0.2) is 18.2 Å². The van der Waals surface area contributed by atoms with Gasteiger partial charge in [0.1, 0.15) is 5.82 Å². The Kier molecular flexibility index (Phi) is 4.11. The SMILES string of the molecule is CNC(C)c1cc(F)ccc1N1CCOCC1(C)C. The molecular weight excluding hydrogens is 243 g/mol. The monoisotopic (exact) mass is 266 g/mol. The maximum atomic E-state index is 13.5. The molecule has 19 heavy (non-hydrogen) atoms. The van der Waals surface area contributed by atoms with E-state index < -0.39 is 0 Å². The number of anilines is 1. The van der Waals surface area contributed by atoms with Crippen molar-refractivity contribution < 1.29 is 9.13 Å². The Morgan fingerprint density at radius 3 is 2.79 bits per heavy atom. The van der Waals surface area contributed by atoms with E-state index >= 15 is 0 Å². The number of halogens is 1. The lowest BCUT2D eigenvalue weighted by Crippen LogP contribution is -2.53. The standard InChI is InChI=1S/C15H23FN2O/c1-11(17-4)13-9-12(16)5-6-14(13)18-7-8-19-10-15(18,2)3/h5-6,9,11,17H,7-8,10H2,1-4H3. The third-order valence-electron chi connectivity index (χ3n) is 3.83. The highest BCUT2D eigenvalue weighted by molar-refractivity contribution is 5.57. The Bertz CT molecular complexity index is 448. The van der Waals surface area contributed by atoms with Crippen molar-refractivity contribution in [2.75, 3.05) is 31.7 Å². The lowest BCUT2D eigenvalue weighted by molar-refractivity contribution is 0.0642. The van der Waals surface area contributed by atoms with Crippen LogP contribution in [0.3, 0.4) is 0 Å². The van der Waals surface area contributed by atoms with Crippen LogP contribution in [0.25, 0.3) is 0 Å². The minimum absolute atomic E-state index is 0.0711. The molecule has 106 valence electrons. The smallest absolute Gasteiger partial charge is 0.123 e. The highest BCUT2D eigenvalue weighted by Crippen LogP contribution is 2.33. The number of hydrogen-bond donors (Lipinski definition) is 1. The summed E-state index contributed by atoms with van der Waals surface area (Å²) in [7, 11) is 1.89. The van der Waals surface area contributed by atoms with Crippen molar-refractivity contribution in [2.24, 2.45) is 0 Å². The predicted molar refractivity (Wildman–Crippen MR) is 76.1 cm³/mol. The fourth-order valence-corrected chi connectivity index (χ4v) is 2.58. The second-order valence-corrected chi connectivity index (χ2v) is 5.73. The first kappa shape index (κ1) is 14.3. The number of nitrogens with one attached hydrogen (secondary N) is 1. The van der Waals surface area contributed by atoms with E-state index in [1.54, 1.807) is 6.07 Å². The highest BCUT2D eigenvalue weighted by Gasteiger charge is 2.32. The second-order valence-electron chi connectivity index (χ2n) is 5.73. The zero-order valence-corrected chi connectivity index (χ0v) is 12.2. The molecule has 1 aliphatic rings. The summed E-state index contributed by atoms with van der Waals surface area (Å²) in [5, 5.41) is 3.19. The third-order valence-corrected chi connectivity index (χ3v) is 3.83. The van der Waals surface area contributed by atoms with Crippen molar-refractivity contribution in [1.82, 2.24) is 5.32 Å². The summed E-state index contributed by atoms with van der Waals surface area (Å²) in [6, 6.07) is 5.16. The second kappa shape index (κ2) is 5.47. The molecule has 1 atom stereocenters. The first-order valence-electron chi connectivity index (χ1n) is 6.78. The van der Waals surface area contributed by atoms with Crippen molar-refractivity contribution in [3.05, 3.63) is 29.6 Å². The van der Waals surface area contributed by atoms with E-state index in [1.165, 1.54) is 6.07 Å². The summed E-state index contributed by atoms with van der Waals surface area (Å²) >= 11 is 0. The molecule has 2 rings (SSSR count). The van der Waals surface area contributed by atoms with Crippen LogP contribution >= 0.6 is 0 Å². The van der Waals surface area contributed by atoms with Crippen LogP contribution in [0.4, 0.5) is 10.1 Å². The van der Waals surface area contributed by atoms with Gasteiger partial charge in [-0.25, -0.2) is 4.39 Å². The van der Waals surface area contributed by atoms with Crippen LogP contribution in [0, 0.1) is 5.82 Å². The highest BCUT2D eigenvalue weighted by atomic mass is 19.1. The summed E-state index contributed by atoms with van der Waals surface area (Å²) < 4.78 is 19.1. The molecule has 1 fully saturated rings. The van der Waals surface area contributed by atoms with E-state index in [-0.39, 0.29) is 17.4 Å². The van der Waals surface area contributed by atoms with Gasteiger partial charge in [0.15, 0.2) is 0 Å². The third kappa shape index (κ3) is 2.90. The van der Waals surface area contributed by atoms with Crippen LogP contribution < -0.4 is 10.2 Å². The molecule has 0 amide bonds. The van der Waals surface area contributed by atoms with E-state index in [0.717, 1.165) is 17.8 Å². The summed E-state index contributed by atoms with van der Waals surface area (Å²) in [5.41, 5.74) is 2.02. The lowest BCUT2D eigenvalue weighted by Gasteiger charge is -2.45. The van der Waals surface area contributed by atoms with Crippen molar-refractivity contribution in [3.8, 4) is 0 Å². The average Bonchev–Trinajstić information content (AvgIpc) is 2.38. The summed E-state index contributed by atoms with van der Waals surface area (Å²) in [4.78, 5) is 2.32. The van der Waals surface area contributed by atoms with Crippen LogP contribution in [0.2, 0.25) is 0 Å². The van der Waals surface area contributed by atoms with E-state index in [1.807, 2.05) is 20.0 Å². The number of ether oxygens (including phenoxy) is 1. The summed E-state index contributed by atoms with van der Waals surface area (Å²) in [6.45, 7) is 8.60. The molecule has 0 radical (unpaired) electrons. The van der Waals surface area contributed by atoms with Crippen molar-refractivity contribution in [3.63, 3.8) is 0 Å². The Morgan fingerprint density at radius 1 is 1.42 bits per heavy atom. The van der Waals surface area contributed by atoms with Crippen LogP contribution in [-0.4, -0.2) is 32.3 Å². The first-order valence-corrected chi connectivity index (χ1v) is 6.78. The van der Waals surface area contributed by atoms with Gasteiger partial charge < -0.3 is 15.0 Å². The fraction of sp³-hybridized carbons (Fsp3) is 0.600. The Hall–Kier alpha value is -1.13. The topological polar surface area (TPSA) is 24.5 Å². The van der Waals surface area contributed by atoms with Crippen molar-refractivity contribution >= 4 is 5.69 Å². The molecule has 1 N–H and O–H groups in total. The minimum atomic E-state index is -0.188. The van der Waals surface area contributed by atoms with Gasteiger partial charge in [0, 0.05) is 18.3 Å². The largest absolute Gasteiger partial charge is 0.377 e. The van der Waals surface area contributed by atoms with Gasteiger partial charge in [0.2, 0.25) is 0 Å². The molecule has 1 saturated heterocycles. The molecule has 1 aromatic carbocycles. The Morgan fingerprint density at radius 2 is 2.16 bits per heavy atom. The minimum Gasteiger partial charge on any atom is -0.377 e. The van der Waals surface area contributed by atoms with Gasteiger partial charge in [-0.1, -0.05) is 0 Å². The van der Waals surface area contributed by atoms with Gasteiger partial charge in [-0.3, -0.25) is 0 Å². The Balaban J connectivity index is 2.43. The molecule has 0 saturated carbocycles. The average molecular weight is 266 g/mol. The zero-order valence-electron chi connectivity index (χ0n) is 12.2. The van der Waals surface area contributed by atoms with Gasteiger partial charge in [-0.05, 0) is 51.6 Å². The number of morpholine rings is 1. The Labute approximate surface area is 114 Å². The predicted octanol–water partition coefficient (Wildman–Crippen LogP) is 2.72. The zero-order chi connectivity index (χ0) is 14.0. The quantitative estimate of drug-likeness (QED) is 0.910. The number of rotatable bonds is 3. The maximum Gasteiger partial charge on any atom is 0.123 e. The maximum absolute atomic E-state index is 13.5. The molecule has 0 aliphatic carbocycles. The van der Waals surface area contributed by atoms with E-state index in [9.17, 15) is 4.39 Å². The number of hydrogen-bond acceptors (Lipinski definition) is 3. The van der Waals surface area contributed by atoms with Gasteiger partial charge in [-0.15, -0.1) is 0 Å². The molecule has 1 aliphatic heterocycles. The van der Waals surface area contributed by atoms with Crippen molar-refractivity contribution in [1.29, 1.82) is 0 Å². The van der Waals surface area contributed by atoms with Crippen LogP contribution in [-0.2, 0) is 4.74 Å². The molecule has 0 aromatic heterocycles. The van der Waals surface area contributed by atoms with E-state index in [4.69, 9.17) is 4.74 Å². The van der Waals surface area contributed by atoms with Gasteiger partial charge in [0.05, 0.1) is 18.8 Å². The van der Waals surface area contributed by atoms with Gasteiger partial charge in [-0.2, -0.15) is 0 Å². The van der Waals surface area contributed by atoms with E-state index in [0.29, 0.717) is 13.2 Å². The molecule has 0 spiro atoms.